The fourth-order valence-corrected chi connectivity index (χ4v) is 2.19. The molecule has 1 aromatic carbocycles. The number of hydrogen-bond donors (Lipinski definition) is 3. The van der Waals surface area contributed by atoms with E-state index >= 15 is 0 Å². The number of oxime groups is 1. The summed E-state index contributed by atoms with van der Waals surface area (Å²) in [5.41, 5.74) is 6.98. The van der Waals surface area contributed by atoms with Crippen molar-refractivity contribution in [3.05, 3.63) is 35.4 Å². The highest BCUT2D eigenvalue weighted by molar-refractivity contribution is 5.97. The van der Waals surface area contributed by atoms with Gasteiger partial charge in [0.1, 0.15) is 0 Å². The van der Waals surface area contributed by atoms with Crippen molar-refractivity contribution < 1.29 is 14.7 Å². The molecule has 2 rings (SSSR count). The third-order valence-electron chi connectivity index (χ3n) is 3.52. The maximum Gasteiger partial charge on any atom is 0.224 e. The van der Waals surface area contributed by atoms with E-state index in [1.807, 2.05) is 0 Å². The Morgan fingerprint density at radius 1 is 1.45 bits per heavy atom. The lowest BCUT2D eigenvalue weighted by molar-refractivity contribution is -0.122. The van der Waals surface area contributed by atoms with Crippen molar-refractivity contribution in [2.75, 3.05) is 7.11 Å². The molecule has 6 nitrogen and oxygen atoms in total. The number of nitrogens with two attached hydrogens (primary N) is 1. The molecular formula is C14H19N3O3. The normalized spacial score (nSPS) is 22.1. The molecule has 1 amide bonds. The van der Waals surface area contributed by atoms with E-state index in [1.165, 1.54) is 0 Å². The monoisotopic (exact) mass is 277 g/mol. The van der Waals surface area contributed by atoms with Gasteiger partial charge in [-0.15, -0.1) is 0 Å². The fraction of sp³-hybridized carbons (Fsp3) is 0.429. The van der Waals surface area contributed by atoms with Crippen LogP contribution in [0.3, 0.4) is 0 Å². The highest BCUT2D eigenvalue weighted by Gasteiger charge is 2.29. The van der Waals surface area contributed by atoms with Crippen LogP contribution in [-0.2, 0) is 16.0 Å². The molecule has 0 aliphatic heterocycles. The molecule has 1 aliphatic carbocycles. The first-order chi connectivity index (χ1) is 9.62. The van der Waals surface area contributed by atoms with E-state index in [0.29, 0.717) is 12.0 Å². The topological polar surface area (TPSA) is 96.9 Å². The zero-order valence-electron chi connectivity index (χ0n) is 11.4. The smallest absolute Gasteiger partial charge is 0.224 e. The minimum Gasteiger partial charge on any atom is -0.409 e. The molecular weight excluding hydrogens is 258 g/mol. The average Bonchev–Trinajstić information content (AvgIpc) is 2.42. The molecule has 1 aromatic rings. The van der Waals surface area contributed by atoms with Gasteiger partial charge >= 0.3 is 0 Å². The maximum atomic E-state index is 11.8. The Labute approximate surface area is 117 Å². The van der Waals surface area contributed by atoms with Gasteiger partial charge in [-0.3, -0.25) is 4.79 Å². The lowest BCUT2D eigenvalue weighted by Gasteiger charge is -2.34. The van der Waals surface area contributed by atoms with Crippen molar-refractivity contribution >= 4 is 11.7 Å². The summed E-state index contributed by atoms with van der Waals surface area (Å²) in [6, 6.07) is 7.27. The molecule has 0 heterocycles. The number of methoxy groups -OCH3 is 1. The third kappa shape index (κ3) is 3.48. The molecule has 0 radical (unpaired) electrons. The summed E-state index contributed by atoms with van der Waals surface area (Å²) in [5, 5.41) is 14.5. The van der Waals surface area contributed by atoms with Gasteiger partial charge in [-0.25, -0.2) is 0 Å². The minimum absolute atomic E-state index is 0.00102. The first-order valence-electron chi connectivity index (χ1n) is 6.51. The lowest BCUT2D eigenvalue weighted by Crippen LogP contribution is -2.47. The van der Waals surface area contributed by atoms with Gasteiger partial charge < -0.3 is 21.0 Å². The molecule has 0 spiro atoms. The molecule has 6 heteroatoms. The van der Waals surface area contributed by atoms with E-state index in [0.717, 1.165) is 18.4 Å². The second kappa shape index (κ2) is 6.38. The first kappa shape index (κ1) is 14.3. The third-order valence-corrected chi connectivity index (χ3v) is 3.52. The van der Waals surface area contributed by atoms with E-state index < -0.39 is 0 Å². The molecule has 0 unspecified atom stereocenters. The predicted molar refractivity (Wildman–Crippen MR) is 74.6 cm³/mol. The summed E-state index contributed by atoms with van der Waals surface area (Å²) in [7, 11) is 1.69. The predicted octanol–water partition coefficient (Wildman–Crippen LogP) is 0.617. The van der Waals surface area contributed by atoms with Crippen LogP contribution in [0, 0.1) is 0 Å². The van der Waals surface area contributed by atoms with Gasteiger partial charge in [0.25, 0.3) is 0 Å². The van der Waals surface area contributed by atoms with Crippen LogP contribution < -0.4 is 11.1 Å². The van der Waals surface area contributed by atoms with Crippen LogP contribution in [0.1, 0.15) is 24.0 Å². The van der Waals surface area contributed by atoms with Crippen molar-refractivity contribution in [2.45, 2.75) is 31.4 Å². The number of carbonyl (C=O) groups excluding carboxylic acids is 1. The molecule has 4 N–H and O–H groups in total. The molecule has 0 saturated heterocycles. The number of rotatable bonds is 5. The van der Waals surface area contributed by atoms with Crippen LogP contribution in [0.2, 0.25) is 0 Å². The molecule has 0 atom stereocenters. The van der Waals surface area contributed by atoms with Gasteiger partial charge in [0.2, 0.25) is 5.91 Å². The van der Waals surface area contributed by atoms with Crippen molar-refractivity contribution in [3.63, 3.8) is 0 Å². The number of amidine groups is 1. The first-order valence-corrected chi connectivity index (χ1v) is 6.51. The van der Waals surface area contributed by atoms with Crippen molar-refractivity contribution in [1.29, 1.82) is 0 Å². The largest absolute Gasteiger partial charge is 0.409 e. The number of amides is 1. The molecule has 108 valence electrons. The summed E-state index contributed by atoms with van der Waals surface area (Å²) in [6.45, 7) is 0. The summed E-state index contributed by atoms with van der Waals surface area (Å²) < 4.78 is 5.17. The molecule has 20 heavy (non-hydrogen) atoms. The average molecular weight is 277 g/mol. The Bertz CT molecular complexity index is 493. The minimum atomic E-state index is 0.00102. The number of hydrogen-bond acceptors (Lipinski definition) is 4. The van der Waals surface area contributed by atoms with Crippen molar-refractivity contribution in [3.8, 4) is 0 Å². The molecule has 0 bridgehead atoms. The number of benzene rings is 1. The zero-order valence-corrected chi connectivity index (χ0v) is 11.4. The fourth-order valence-electron chi connectivity index (χ4n) is 2.19. The maximum absolute atomic E-state index is 11.8. The highest BCUT2D eigenvalue weighted by atomic mass is 16.5. The standard InChI is InChI=1S/C14H19N3O3/c1-20-12-7-11(8-12)16-13(18)6-9-2-4-10(5-3-9)14(15)17-19/h2-5,11-12,19H,6-8H2,1H3,(H2,15,17)(H,16,18). The summed E-state index contributed by atoms with van der Waals surface area (Å²) in [6.07, 6.45) is 2.36. The van der Waals surface area contributed by atoms with Crippen LogP contribution in [0.4, 0.5) is 0 Å². The number of nitrogens with zero attached hydrogens (tertiary/aromatic N) is 1. The number of ether oxygens (including phenoxy) is 1. The Hall–Kier alpha value is -2.08. The summed E-state index contributed by atoms with van der Waals surface area (Å²) in [4.78, 5) is 11.8. The van der Waals surface area contributed by atoms with Crippen molar-refractivity contribution in [2.24, 2.45) is 10.9 Å². The van der Waals surface area contributed by atoms with E-state index in [-0.39, 0.29) is 23.9 Å². The molecule has 1 fully saturated rings. The van der Waals surface area contributed by atoms with Gasteiger partial charge in [0, 0.05) is 18.7 Å². The summed E-state index contributed by atoms with van der Waals surface area (Å²) in [5.74, 6) is 0.0576. The van der Waals surface area contributed by atoms with Gasteiger partial charge in [-0.05, 0) is 18.4 Å². The second-order valence-corrected chi connectivity index (χ2v) is 4.95. The Morgan fingerprint density at radius 2 is 2.10 bits per heavy atom. The van der Waals surface area contributed by atoms with Crippen LogP contribution in [0.15, 0.2) is 29.4 Å². The second-order valence-electron chi connectivity index (χ2n) is 4.95. The molecule has 0 aromatic heterocycles. The lowest BCUT2D eigenvalue weighted by atomic mass is 9.89. The Kier molecular flexibility index (Phi) is 4.57. The van der Waals surface area contributed by atoms with E-state index in [2.05, 4.69) is 10.5 Å². The van der Waals surface area contributed by atoms with Gasteiger partial charge in [0.15, 0.2) is 5.84 Å². The van der Waals surface area contributed by atoms with E-state index in [9.17, 15) is 4.79 Å². The Morgan fingerprint density at radius 3 is 2.65 bits per heavy atom. The number of carbonyl (C=O) groups is 1. The zero-order chi connectivity index (χ0) is 14.5. The van der Waals surface area contributed by atoms with E-state index in [1.54, 1.807) is 31.4 Å². The van der Waals surface area contributed by atoms with Gasteiger partial charge in [0.05, 0.1) is 12.5 Å². The Balaban J connectivity index is 1.82. The van der Waals surface area contributed by atoms with Crippen LogP contribution in [0.5, 0.6) is 0 Å². The van der Waals surface area contributed by atoms with Gasteiger partial charge in [-0.1, -0.05) is 29.4 Å². The van der Waals surface area contributed by atoms with Crippen LogP contribution in [-0.4, -0.2) is 36.2 Å². The van der Waals surface area contributed by atoms with Gasteiger partial charge in [-0.2, -0.15) is 0 Å². The van der Waals surface area contributed by atoms with Crippen molar-refractivity contribution in [1.82, 2.24) is 5.32 Å². The molecule has 1 saturated carbocycles. The highest BCUT2D eigenvalue weighted by Crippen LogP contribution is 2.22. The van der Waals surface area contributed by atoms with Crippen LogP contribution >= 0.6 is 0 Å². The van der Waals surface area contributed by atoms with E-state index in [4.69, 9.17) is 15.7 Å². The summed E-state index contributed by atoms with van der Waals surface area (Å²) >= 11 is 0. The SMILES string of the molecule is COC1CC(NC(=O)Cc2ccc(/C(N)=N/O)cc2)C1. The molecule has 1 aliphatic rings. The number of nitrogens with one attached hydrogen (secondary N) is 1. The quantitative estimate of drug-likeness (QED) is 0.318. The van der Waals surface area contributed by atoms with Crippen LogP contribution in [0.25, 0.3) is 0 Å².